The molecule has 0 radical (unpaired) electrons. The molecule has 31 heavy (non-hydrogen) atoms. The standard InChI is InChI=1S/C21H34N4O4S.HI/c1-22-21(23-8-10-30(26,27)24-14-16-5-4-6-16)25-9-7-17(15-25)18-11-19(28-2)13-20(12-18)29-3;/h11-13,16-17,24H,4-10,14-15H2,1-3H3,(H,22,23);1H. The molecule has 8 nitrogen and oxygen atoms in total. The van der Waals surface area contributed by atoms with E-state index in [1.165, 1.54) is 12.0 Å². The second kappa shape index (κ2) is 12.1. The summed E-state index contributed by atoms with van der Waals surface area (Å²) in [7, 11) is 1.77. The van der Waals surface area contributed by atoms with E-state index in [1.807, 2.05) is 18.2 Å². The predicted octanol–water partition coefficient (Wildman–Crippen LogP) is 2.41. The molecule has 1 heterocycles. The van der Waals surface area contributed by atoms with Gasteiger partial charge in [0.05, 0.1) is 20.0 Å². The minimum Gasteiger partial charge on any atom is -0.497 e. The van der Waals surface area contributed by atoms with Crippen LogP contribution in [-0.4, -0.2) is 72.5 Å². The fourth-order valence-electron chi connectivity index (χ4n) is 3.93. The highest BCUT2D eigenvalue weighted by Crippen LogP contribution is 2.32. The fraction of sp³-hybridized carbons (Fsp3) is 0.667. The zero-order chi connectivity index (χ0) is 21.6. The van der Waals surface area contributed by atoms with Crippen LogP contribution >= 0.6 is 24.0 Å². The first kappa shape index (κ1) is 26.0. The zero-order valence-corrected chi connectivity index (χ0v) is 21.7. The third kappa shape index (κ3) is 7.38. The largest absolute Gasteiger partial charge is 0.497 e. The summed E-state index contributed by atoms with van der Waals surface area (Å²) >= 11 is 0. The number of aliphatic imine (C=N–C) groups is 1. The molecule has 0 aromatic heterocycles. The summed E-state index contributed by atoms with van der Waals surface area (Å²) in [4.78, 5) is 6.52. The summed E-state index contributed by atoms with van der Waals surface area (Å²) in [5.74, 6) is 3.19. The van der Waals surface area contributed by atoms with Crippen molar-refractivity contribution in [1.82, 2.24) is 14.9 Å². The van der Waals surface area contributed by atoms with Crippen molar-refractivity contribution in [3.63, 3.8) is 0 Å². The van der Waals surface area contributed by atoms with Crippen LogP contribution in [-0.2, 0) is 10.0 Å². The molecule has 10 heteroatoms. The zero-order valence-electron chi connectivity index (χ0n) is 18.6. The van der Waals surface area contributed by atoms with Crippen LogP contribution in [0.5, 0.6) is 11.5 Å². The number of hydrogen-bond acceptors (Lipinski definition) is 5. The van der Waals surface area contributed by atoms with Crippen molar-refractivity contribution in [2.24, 2.45) is 10.9 Å². The van der Waals surface area contributed by atoms with Crippen LogP contribution < -0.4 is 19.5 Å². The van der Waals surface area contributed by atoms with Crippen molar-refractivity contribution in [1.29, 1.82) is 0 Å². The van der Waals surface area contributed by atoms with E-state index in [9.17, 15) is 8.42 Å². The molecule has 1 saturated heterocycles. The van der Waals surface area contributed by atoms with E-state index in [0.717, 1.165) is 49.8 Å². The SMILES string of the molecule is CN=C(NCCS(=O)(=O)NCC1CCC1)N1CCC(c2cc(OC)cc(OC)c2)C1.I. The van der Waals surface area contributed by atoms with Gasteiger partial charge >= 0.3 is 0 Å². The van der Waals surface area contributed by atoms with Crippen molar-refractivity contribution in [2.75, 3.05) is 53.2 Å². The van der Waals surface area contributed by atoms with E-state index >= 15 is 0 Å². The number of halogens is 1. The van der Waals surface area contributed by atoms with Gasteiger partial charge in [-0.2, -0.15) is 0 Å². The van der Waals surface area contributed by atoms with E-state index in [0.29, 0.717) is 24.9 Å². The lowest BCUT2D eigenvalue weighted by Crippen LogP contribution is -2.43. The second-order valence-corrected chi connectivity index (χ2v) is 9.94. The predicted molar refractivity (Wildman–Crippen MR) is 134 cm³/mol. The molecule has 1 aliphatic heterocycles. The summed E-state index contributed by atoms with van der Waals surface area (Å²) < 4.78 is 37.9. The number of likely N-dealkylation sites (tertiary alicyclic amines) is 1. The Morgan fingerprint density at radius 1 is 1.16 bits per heavy atom. The van der Waals surface area contributed by atoms with Crippen LogP contribution in [0.1, 0.15) is 37.2 Å². The van der Waals surface area contributed by atoms with Gasteiger partial charge in [0, 0.05) is 45.2 Å². The van der Waals surface area contributed by atoms with Crippen LogP contribution in [0.3, 0.4) is 0 Å². The van der Waals surface area contributed by atoms with Crippen LogP contribution in [0.2, 0.25) is 0 Å². The minimum atomic E-state index is -3.26. The number of guanidine groups is 1. The van der Waals surface area contributed by atoms with Crippen LogP contribution in [0, 0.1) is 5.92 Å². The molecule has 0 spiro atoms. The molecule has 1 saturated carbocycles. The highest BCUT2D eigenvalue weighted by atomic mass is 127. The summed E-state index contributed by atoms with van der Waals surface area (Å²) in [6.45, 7) is 2.56. The van der Waals surface area contributed by atoms with Crippen LogP contribution in [0.4, 0.5) is 0 Å². The minimum absolute atomic E-state index is 0. The molecule has 0 amide bonds. The van der Waals surface area contributed by atoms with E-state index in [2.05, 4.69) is 19.9 Å². The third-order valence-electron chi connectivity index (χ3n) is 6.02. The Morgan fingerprint density at radius 2 is 1.84 bits per heavy atom. The van der Waals surface area contributed by atoms with Gasteiger partial charge in [-0.15, -0.1) is 24.0 Å². The van der Waals surface area contributed by atoms with Crippen molar-refractivity contribution in [3.05, 3.63) is 23.8 Å². The highest BCUT2D eigenvalue weighted by molar-refractivity contribution is 14.0. The first-order valence-electron chi connectivity index (χ1n) is 10.6. The van der Waals surface area contributed by atoms with Crippen LogP contribution in [0.15, 0.2) is 23.2 Å². The Balaban J connectivity index is 0.00000341. The Bertz CT molecular complexity index is 824. The molecule has 176 valence electrons. The molecule has 2 aliphatic rings. The number of hydrogen-bond donors (Lipinski definition) is 2. The summed E-state index contributed by atoms with van der Waals surface area (Å²) in [5, 5.41) is 3.21. The first-order valence-corrected chi connectivity index (χ1v) is 12.2. The molecule has 1 atom stereocenters. The highest BCUT2D eigenvalue weighted by Gasteiger charge is 2.27. The molecule has 3 rings (SSSR count). The van der Waals surface area contributed by atoms with E-state index in [-0.39, 0.29) is 29.7 Å². The Hall–Kier alpha value is -1.27. The number of benzene rings is 1. The molecule has 1 aromatic rings. The molecule has 1 aromatic carbocycles. The molecular weight excluding hydrogens is 531 g/mol. The van der Waals surface area contributed by atoms with Crippen molar-refractivity contribution >= 4 is 40.0 Å². The number of nitrogens with zero attached hydrogens (tertiary/aromatic N) is 2. The molecule has 1 aliphatic carbocycles. The van der Waals surface area contributed by atoms with Gasteiger partial charge in [0.15, 0.2) is 5.96 Å². The Labute approximate surface area is 203 Å². The number of ether oxygens (including phenoxy) is 2. The van der Waals surface area contributed by atoms with Gasteiger partial charge < -0.3 is 19.7 Å². The van der Waals surface area contributed by atoms with Gasteiger partial charge in [0.1, 0.15) is 11.5 Å². The summed E-state index contributed by atoms with van der Waals surface area (Å²) in [6.07, 6.45) is 4.45. The first-order chi connectivity index (χ1) is 14.4. The van der Waals surface area contributed by atoms with Gasteiger partial charge in [-0.05, 0) is 42.9 Å². The maximum absolute atomic E-state index is 12.2. The van der Waals surface area contributed by atoms with Gasteiger partial charge in [-0.3, -0.25) is 4.99 Å². The monoisotopic (exact) mass is 566 g/mol. The topological polar surface area (TPSA) is 92.3 Å². The molecule has 2 N–H and O–H groups in total. The summed E-state index contributed by atoms with van der Waals surface area (Å²) in [6, 6.07) is 5.97. The molecular formula is C21H35IN4O4S. The Morgan fingerprint density at radius 3 is 2.39 bits per heavy atom. The van der Waals surface area contributed by atoms with Gasteiger partial charge in [0.25, 0.3) is 0 Å². The maximum atomic E-state index is 12.2. The van der Waals surface area contributed by atoms with Crippen molar-refractivity contribution < 1.29 is 17.9 Å². The lowest BCUT2D eigenvalue weighted by molar-refractivity contribution is 0.316. The smallest absolute Gasteiger partial charge is 0.213 e. The Kier molecular flexibility index (Phi) is 10.1. The van der Waals surface area contributed by atoms with E-state index in [1.54, 1.807) is 21.3 Å². The van der Waals surface area contributed by atoms with Gasteiger partial charge in [-0.1, -0.05) is 6.42 Å². The number of rotatable bonds is 9. The molecule has 0 bridgehead atoms. The lowest BCUT2D eigenvalue weighted by atomic mass is 9.86. The quantitative estimate of drug-likeness (QED) is 0.271. The molecule has 2 fully saturated rings. The second-order valence-electron chi connectivity index (χ2n) is 8.02. The number of methoxy groups -OCH3 is 2. The maximum Gasteiger partial charge on any atom is 0.213 e. The fourth-order valence-corrected chi connectivity index (χ4v) is 4.94. The average Bonchev–Trinajstić information content (AvgIpc) is 3.19. The van der Waals surface area contributed by atoms with Gasteiger partial charge in [-0.25, -0.2) is 13.1 Å². The van der Waals surface area contributed by atoms with Crippen molar-refractivity contribution in [3.8, 4) is 11.5 Å². The average molecular weight is 567 g/mol. The number of sulfonamides is 1. The normalized spacial score (nSPS) is 19.5. The van der Waals surface area contributed by atoms with Crippen LogP contribution in [0.25, 0.3) is 0 Å². The third-order valence-corrected chi connectivity index (χ3v) is 7.36. The lowest BCUT2D eigenvalue weighted by Gasteiger charge is -2.25. The van der Waals surface area contributed by atoms with Gasteiger partial charge in [0.2, 0.25) is 10.0 Å². The van der Waals surface area contributed by atoms with E-state index < -0.39 is 10.0 Å². The molecule has 1 unspecified atom stereocenters. The summed E-state index contributed by atoms with van der Waals surface area (Å²) in [5.41, 5.74) is 1.17. The number of nitrogens with one attached hydrogen (secondary N) is 2. The van der Waals surface area contributed by atoms with E-state index in [4.69, 9.17) is 9.47 Å². The van der Waals surface area contributed by atoms with Crippen molar-refractivity contribution in [2.45, 2.75) is 31.6 Å².